The summed E-state index contributed by atoms with van der Waals surface area (Å²) in [5.74, 6) is -0.224. The molecule has 132 valence electrons. The Morgan fingerprint density at radius 3 is 2.42 bits per heavy atom. The molecular formula is C20H28O4. The first-order chi connectivity index (χ1) is 11.9. The molecule has 2 rings (SSSR count). The highest BCUT2D eigenvalue weighted by atomic mass is 16.7. The fraction of sp³-hybridized carbons (Fsp3) is 0.550. The fourth-order valence-electron chi connectivity index (χ4n) is 2.59. The molecule has 0 radical (unpaired) electrons. The van der Waals surface area contributed by atoms with E-state index in [1.165, 1.54) is 25.7 Å². The van der Waals surface area contributed by atoms with Gasteiger partial charge in [-0.05, 0) is 37.5 Å². The largest absolute Gasteiger partial charge is 0.462 e. The molecule has 0 spiro atoms. The second kappa shape index (κ2) is 11.8. The van der Waals surface area contributed by atoms with Crippen LogP contribution in [0.4, 0.5) is 0 Å². The highest BCUT2D eigenvalue weighted by molar-refractivity contribution is 5.89. The standard InChI is InChI=1S/C20H28O4/c21-20(18-12-8-7-9-13-18)24-15-11-6-4-2-1-3-5-10-14-19-22-16-17-23-19/h7-10,12-14,19H,1-6,11,15-17H2/b14-10-. The van der Waals surface area contributed by atoms with Crippen molar-refractivity contribution in [2.24, 2.45) is 0 Å². The van der Waals surface area contributed by atoms with Crippen LogP contribution in [0.3, 0.4) is 0 Å². The van der Waals surface area contributed by atoms with E-state index in [0.29, 0.717) is 25.4 Å². The van der Waals surface area contributed by atoms with E-state index in [9.17, 15) is 4.79 Å². The number of hydrogen-bond donors (Lipinski definition) is 0. The summed E-state index contributed by atoms with van der Waals surface area (Å²) in [6, 6.07) is 9.14. The number of carbonyl (C=O) groups is 1. The topological polar surface area (TPSA) is 44.8 Å². The van der Waals surface area contributed by atoms with E-state index in [4.69, 9.17) is 14.2 Å². The van der Waals surface area contributed by atoms with Gasteiger partial charge in [-0.25, -0.2) is 4.79 Å². The summed E-state index contributed by atoms with van der Waals surface area (Å²) in [5, 5.41) is 0. The summed E-state index contributed by atoms with van der Waals surface area (Å²) in [6.45, 7) is 1.92. The Balaban J connectivity index is 1.37. The summed E-state index contributed by atoms with van der Waals surface area (Å²) >= 11 is 0. The van der Waals surface area contributed by atoms with Crippen LogP contribution >= 0.6 is 0 Å². The molecule has 24 heavy (non-hydrogen) atoms. The van der Waals surface area contributed by atoms with Gasteiger partial charge in [-0.3, -0.25) is 0 Å². The molecule has 1 saturated heterocycles. The van der Waals surface area contributed by atoms with Crippen molar-refractivity contribution in [2.45, 2.75) is 51.2 Å². The summed E-state index contributed by atoms with van der Waals surface area (Å²) in [6.07, 6.45) is 12.0. The Morgan fingerprint density at radius 1 is 1.00 bits per heavy atom. The van der Waals surface area contributed by atoms with Gasteiger partial charge in [0.1, 0.15) is 0 Å². The average molecular weight is 332 g/mol. The molecule has 1 aromatic carbocycles. The maximum Gasteiger partial charge on any atom is 0.338 e. The van der Waals surface area contributed by atoms with Gasteiger partial charge in [0, 0.05) is 0 Å². The van der Waals surface area contributed by atoms with Gasteiger partial charge < -0.3 is 14.2 Å². The smallest absolute Gasteiger partial charge is 0.338 e. The van der Waals surface area contributed by atoms with Crippen LogP contribution in [0.15, 0.2) is 42.5 Å². The molecule has 0 bridgehead atoms. The SMILES string of the molecule is O=C(OCCCCCCCC/C=C\C1OCCO1)c1ccccc1. The number of rotatable bonds is 11. The second-order valence-electron chi connectivity index (χ2n) is 5.95. The molecule has 0 atom stereocenters. The van der Waals surface area contributed by atoms with Crippen LogP contribution in [0.25, 0.3) is 0 Å². The maximum absolute atomic E-state index is 11.7. The van der Waals surface area contributed by atoms with Crippen molar-refractivity contribution >= 4 is 5.97 Å². The number of unbranched alkanes of at least 4 members (excludes halogenated alkanes) is 6. The van der Waals surface area contributed by atoms with Crippen molar-refractivity contribution in [3.05, 3.63) is 48.0 Å². The van der Waals surface area contributed by atoms with Crippen molar-refractivity contribution in [1.29, 1.82) is 0 Å². The van der Waals surface area contributed by atoms with Gasteiger partial charge in [0.05, 0.1) is 25.4 Å². The minimum absolute atomic E-state index is 0.122. The van der Waals surface area contributed by atoms with Gasteiger partial charge in [-0.15, -0.1) is 0 Å². The summed E-state index contributed by atoms with van der Waals surface area (Å²) in [7, 11) is 0. The van der Waals surface area contributed by atoms with Gasteiger partial charge in [-0.2, -0.15) is 0 Å². The molecule has 0 N–H and O–H groups in total. The first-order valence-electron chi connectivity index (χ1n) is 8.98. The zero-order valence-corrected chi connectivity index (χ0v) is 14.3. The van der Waals surface area contributed by atoms with Crippen molar-refractivity contribution in [3.8, 4) is 0 Å². The molecule has 4 heteroatoms. The quantitative estimate of drug-likeness (QED) is 0.340. The zero-order chi connectivity index (χ0) is 16.9. The lowest BCUT2D eigenvalue weighted by atomic mass is 10.1. The van der Waals surface area contributed by atoms with E-state index < -0.39 is 0 Å². The van der Waals surface area contributed by atoms with Crippen LogP contribution in [0.1, 0.15) is 55.3 Å². The van der Waals surface area contributed by atoms with Crippen LogP contribution in [0.2, 0.25) is 0 Å². The molecule has 0 unspecified atom stereocenters. The lowest BCUT2D eigenvalue weighted by Gasteiger charge is -2.05. The first-order valence-corrected chi connectivity index (χ1v) is 8.98. The van der Waals surface area contributed by atoms with Gasteiger partial charge in [0.15, 0.2) is 6.29 Å². The van der Waals surface area contributed by atoms with Gasteiger partial charge in [0.2, 0.25) is 0 Å². The van der Waals surface area contributed by atoms with Crippen molar-refractivity contribution in [1.82, 2.24) is 0 Å². The molecule has 0 aromatic heterocycles. The van der Waals surface area contributed by atoms with E-state index in [1.54, 1.807) is 12.1 Å². The Bertz CT molecular complexity index is 478. The predicted octanol–water partition coefficient (Wildman–Crippen LogP) is 4.50. The Kier molecular flexibility index (Phi) is 9.20. The first kappa shape index (κ1) is 18.7. The van der Waals surface area contributed by atoms with Crippen LogP contribution in [-0.4, -0.2) is 32.1 Å². The van der Waals surface area contributed by atoms with E-state index in [2.05, 4.69) is 6.08 Å². The lowest BCUT2D eigenvalue weighted by molar-refractivity contribution is -0.00174. The van der Waals surface area contributed by atoms with E-state index in [-0.39, 0.29) is 12.3 Å². The lowest BCUT2D eigenvalue weighted by Crippen LogP contribution is -2.06. The van der Waals surface area contributed by atoms with Crippen LogP contribution in [-0.2, 0) is 14.2 Å². The molecule has 0 aliphatic carbocycles. The number of allylic oxidation sites excluding steroid dienone is 1. The van der Waals surface area contributed by atoms with Crippen molar-refractivity contribution in [3.63, 3.8) is 0 Å². The molecule has 4 nitrogen and oxygen atoms in total. The third-order valence-electron chi connectivity index (χ3n) is 3.95. The van der Waals surface area contributed by atoms with Crippen LogP contribution < -0.4 is 0 Å². The number of benzene rings is 1. The van der Waals surface area contributed by atoms with Crippen LogP contribution in [0.5, 0.6) is 0 Å². The molecule has 1 heterocycles. The maximum atomic E-state index is 11.7. The number of esters is 1. The van der Waals surface area contributed by atoms with Gasteiger partial charge >= 0.3 is 5.97 Å². The summed E-state index contributed by atoms with van der Waals surface area (Å²) in [5.41, 5.74) is 0.624. The highest BCUT2D eigenvalue weighted by Crippen LogP contribution is 2.10. The molecule has 0 amide bonds. The van der Waals surface area contributed by atoms with E-state index in [1.807, 2.05) is 24.3 Å². The molecule has 1 fully saturated rings. The fourth-order valence-corrected chi connectivity index (χ4v) is 2.59. The minimum Gasteiger partial charge on any atom is -0.462 e. The van der Waals surface area contributed by atoms with Crippen LogP contribution in [0, 0.1) is 0 Å². The third-order valence-corrected chi connectivity index (χ3v) is 3.95. The predicted molar refractivity (Wildman–Crippen MR) is 93.9 cm³/mol. The molecule has 1 aromatic rings. The molecule has 1 aliphatic heterocycles. The Hall–Kier alpha value is -1.65. The number of ether oxygens (including phenoxy) is 3. The summed E-state index contributed by atoms with van der Waals surface area (Å²) < 4.78 is 15.9. The highest BCUT2D eigenvalue weighted by Gasteiger charge is 2.10. The minimum atomic E-state index is -0.224. The Labute approximate surface area is 144 Å². The van der Waals surface area contributed by atoms with E-state index in [0.717, 1.165) is 19.3 Å². The third kappa shape index (κ3) is 7.75. The average Bonchev–Trinajstić information content (AvgIpc) is 3.13. The van der Waals surface area contributed by atoms with E-state index >= 15 is 0 Å². The normalized spacial score (nSPS) is 15.2. The summed E-state index contributed by atoms with van der Waals surface area (Å²) in [4.78, 5) is 11.7. The van der Waals surface area contributed by atoms with Crippen molar-refractivity contribution < 1.29 is 19.0 Å². The zero-order valence-electron chi connectivity index (χ0n) is 14.3. The Morgan fingerprint density at radius 2 is 1.67 bits per heavy atom. The molecular weight excluding hydrogens is 304 g/mol. The van der Waals surface area contributed by atoms with Crippen molar-refractivity contribution in [2.75, 3.05) is 19.8 Å². The molecule has 0 saturated carbocycles. The number of carbonyl (C=O) groups excluding carboxylic acids is 1. The number of hydrogen-bond acceptors (Lipinski definition) is 4. The monoisotopic (exact) mass is 332 g/mol. The molecule has 1 aliphatic rings. The van der Waals surface area contributed by atoms with Gasteiger partial charge in [0.25, 0.3) is 0 Å². The van der Waals surface area contributed by atoms with Gasteiger partial charge in [-0.1, -0.05) is 50.0 Å². The second-order valence-corrected chi connectivity index (χ2v) is 5.95.